The predicted octanol–water partition coefficient (Wildman–Crippen LogP) is 4.08. The smallest absolute Gasteiger partial charge is 0.0632 e. The van der Waals surface area contributed by atoms with Gasteiger partial charge in [0.05, 0.1) is 6.61 Å². The summed E-state index contributed by atoms with van der Waals surface area (Å²) in [4.78, 5) is 0. The molecule has 18 heavy (non-hydrogen) atoms. The molecule has 1 unspecified atom stereocenters. The maximum atomic E-state index is 9.49. The summed E-state index contributed by atoms with van der Waals surface area (Å²) in [5, 5.41) is 13.6. The third-order valence-electron chi connectivity index (χ3n) is 3.76. The summed E-state index contributed by atoms with van der Waals surface area (Å²) in [6.07, 6.45) is 7.76. The molecule has 100 valence electrons. The Bertz CT molecular complexity index is 363. The lowest BCUT2D eigenvalue weighted by Crippen LogP contribution is -2.27. The second kappa shape index (κ2) is 7.01. The molecule has 0 aliphatic heterocycles. The average Bonchev–Trinajstić information content (AvgIpc) is 2.39. The Morgan fingerprint density at radius 2 is 2.06 bits per heavy atom. The molecule has 0 spiro atoms. The lowest BCUT2D eigenvalue weighted by molar-refractivity contribution is 0.237. The highest BCUT2D eigenvalue weighted by Crippen LogP contribution is 2.28. The number of aliphatic hydroxyl groups excluding tert-OH is 1. The van der Waals surface area contributed by atoms with Gasteiger partial charge < -0.3 is 10.4 Å². The van der Waals surface area contributed by atoms with Crippen molar-refractivity contribution in [2.45, 2.75) is 44.6 Å². The van der Waals surface area contributed by atoms with Crippen LogP contribution in [0, 0.1) is 5.92 Å². The first-order chi connectivity index (χ1) is 8.78. The fourth-order valence-corrected chi connectivity index (χ4v) is 3.01. The van der Waals surface area contributed by atoms with Gasteiger partial charge in [0.25, 0.3) is 0 Å². The first-order valence-electron chi connectivity index (χ1n) is 6.91. The van der Waals surface area contributed by atoms with E-state index in [1.54, 1.807) is 0 Å². The van der Waals surface area contributed by atoms with E-state index < -0.39 is 0 Å². The Morgan fingerprint density at radius 3 is 2.72 bits per heavy atom. The van der Waals surface area contributed by atoms with Gasteiger partial charge in [-0.3, -0.25) is 0 Å². The SMILES string of the molecule is OCC(CC1CCCCC1)Nc1cccc(Cl)c1. The minimum atomic E-state index is 0.145. The van der Waals surface area contributed by atoms with E-state index in [4.69, 9.17) is 11.6 Å². The summed E-state index contributed by atoms with van der Waals surface area (Å²) in [7, 11) is 0. The van der Waals surface area contributed by atoms with Gasteiger partial charge in [0.2, 0.25) is 0 Å². The monoisotopic (exact) mass is 267 g/mol. The van der Waals surface area contributed by atoms with Crippen LogP contribution in [0.3, 0.4) is 0 Å². The third kappa shape index (κ3) is 4.18. The molecule has 0 radical (unpaired) electrons. The number of aliphatic hydroxyl groups is 1. The molecule has 1 aromatic rings. The highest BCUT2D eigenvalue weighted by Gasteiger charge is 2.18. The normalized spacial score (nSPS) is 18.6. The second-order valence-electron chi connectivity index (χ2n) is 5.27. The second-order valence-corrected chi connectivity index (χ2v) is 5.71. The molecule has 2 nitrogen and oxygen atoms in total. The number of anilines is 1. The van der Waals surface area contributed by atoms with Crippen molar-refractivity contribution in [1.29, 1.82) is 0 Å². The summed E-state index contributed by atoms with van der Waals surface area (Å²) in [5.41, 5.74) is 0.998. The van der Waals surface area contributed by atoms with Gasteiger partial charge >= 0.3 is 0 Å². The topological polar surface area (TPSA) is 32.3 Å². The van der Waals surface area contributed by atoms with E-state index in [0.717, 1.165) is 23.0 Å². The molecule has 0 aromatic heterocycles. The van der Waals surface area contributed by atoms with Crippen molar-refractivity contribution in [2.24, 2.45) is 5.92 Å². The average molecular weight is 268 g/mol. The summed E-state index contributed by atoms with van der Waals surface area (Å²) >= 11 is 5.96. The van der Waals surface area contributed by atoms with Crippen molar-refractivity contribution in [3.05, 3.63) is 29.3 Å². The Balaban J connectivity index is 1.88. The van der Waals surface area contributed by atoms with E-state index in [2.05, 4.69) is 5.32 Å². The van der Waals surface area contributed by atoms with Crippen LogP contribution in [0.5, 0.6) is 0 Å². The van der Waals surface area contributed by atoms with Gasteiger partial charge in [-0.1, -0.05) is 49.8 Å². The molecule has 1 aliphatic carbocycles. The molecule has 2 rings (SSSR count). The summed E-state index contributed by atoms with van der Waals surface area (Å²) in [5.74, 6) is 0.766. The Morgan fingerprint density at radius 1 is 1.28 bits per heavy atom. The standard InChI is InChI=1S/C15H22ClNO/c16-13-7-4-8-14(10-13)17-15(11-18)9-12-5-2-1-3-6-12/h4,7-8,10,12,15,17-18H,1-3,5-6,9,11H2. The van der Waals surface area contributed by atoms with E-state index in [1.165, 1.54) is 32.1 Å². The molecule has 1 aliphatic rings. The Kier molecular flexibility index (Phi) is 5.33. The molecule has 2 N–H and O–H groups in total. The van der Waals surface area contributed by atoms with Gasteiger partial charge in [-0.2, -0.15) is 0 Å². The maximum Gasteiger partial charge on any atom is 0.0632 e. The molecule has 1 atom stereocenters. The Labute approximate surface area is 114 Å². The third-order valence-corrected chi connectivity index (χ3v) is 3.99. The Hall–Kier alpha value is -0.730. The van der Waals surface area contributed by atoms with Crippen LogP contribution in [0.25, 0.3) is 0 Å². The highest BCUT2D eigenvalue weighted by molar-refractivity contribution is 6.30. The van der Waals surface area contributed by atoms with Crippen molar-refractivity contribution >= 4 is 17.3 Å². The fourth-order valence-electron chi connectivity index (χ4n) is 2.82. The summed E-state index contributed by atoms with van der Waals surface area (Å²) < 4.78 is 0. The number of hydrogen-bond acceptors (Lipinski definition) is 2. The van der Waals surface area contributed by atoms with Crippen LogP contribution in [0.4, 0.5) is 5.69 Å². The van der Waals surface area contributed by atoms with Gasteiger partial charge in [0, 0.05) is 16.8 Å². The molecule has 0 heterocycles. The van der Waals surface area contributed by atoms with Gasteiger partial charge in [-0.15, -0.1) is 0 Å². The van der Waals surface area contributed by atoms with E-state index in [9.17, 15) is 5.11 Å². The molecule has 0 amide bonds. The molecule has 1 fully saturated rings. The highest BCUT2D eigenvalue weighted by atomic mass is 35.5. The minimum Gasteiger partial charge on any atom is -0.394 e. The lowest BCUT2D eigenvalue weighted by Gasteiger charge is -2.26. The van der Waals surface area contributed by atoms with Crippen LogP contribution < -0.4 is 5.32 Å². The number of rotatable bonds is 5. The largest absolute Gasteiger partial charge is 0.394 e. The van der Waals surface area contributed by atoms with Crippen molar-refractivity contribution in [3.63, 3.8) is 0 Å². The van der Waals surface area contributed by atoms with Crippen molar-refractivity contribution in [3.8, 4) is 0 Å². The number of nitrogens with one attached hydrogen (secondary N) is 1. The van der Waals surface area contributed by atoms with Gasteiger partial charge in [0.15, 0.2) is 0 Å². The molecule has 1 saturated carbocycles. The molecule has 1 aromatic carbocycles. The zero-order chi connectivity index (χ0) is 12.8. The van der Waals surface area contributed by atoms with Crippen molar-refractivity contribution in [1.82, 2.24) is 0 Å². The first kappa shape index (κ1) is 13.7. The molecular formula is C15H22ClNO. The van der Waals surface area contributed by atoms with Crippen LogP contribution in [0.2, 0.25) is 5.02 Å². The lowest BCUT2D eigenvalue weighted by atomic mass is 9.85. The molecular weight excluding hydrogens is 246 g/mol. The predicted molar refractivity (Wildman–Crippen MR) is 77.1 cm³/mol. The van der Waals surface area contributed by atoms with Crippen molar-refractivity contribution in [2.75, 3.05) is 11.9 Å². The fraction of sp³-hybridized carbons (Fsp3) is 0.600. The van der Waals surface area contributed by atoms with Gasteiger partial charge in [0.1, 0.15) is 0 Å². The maximum absolute atomic E-state index is 9.49. The van der Waals surface area contributed by atoms with Crippen LogP contribution in [0.1, 0.15) is 38.5 Å². The van der Waals surface area contributed by atoms with E-state index >= 15 is 0 Å². The van der Waals surface area contributed by atoms with Gasteiger partial charge in [-0.25, -0.2) is 0 Å². The summed E-state index contributed by atoms with van der Waals surface area (Å²) in [6, 6.07) is 7.84. The number of hydrogen-bond donors (Lipinski definition) is 2. The molecule has 0 bridgehead atoms. The van der Waals surface area contributed by atoms with Crippen LogP contribution in [-0.4, -0.2) is 17.8 Å². The molecule has 3 heteroatoms. The van der Waals surface area contributed by atoms with Crippen LogP contribution in [0.15, 0.2) is 24.3 Å². The van der Waals surface area contributed by atoms with Crippen LogP contribution >= 0.6 is 11.6 Å². The van der Waals surface area contributed by atoms with E-state index in [-0.39, 0.29) is 12.6 Å². The minimum absolute atomic E-state index is 0.145. The number of halogens is 1. The zero-order valence-corrected chi connectivity index (χ0v) is 11.5. The quantitative estimate of drug-likeness (QED) is 0.842. The van der Waals surface area contributed by atoms with Crippen molar-refractivity contribution < 1.29 is 5.11 Å². The summed E-state index contributed by atoms with van der Waals surface area (Å²) in [6.45, 7) is 0.184. The van der Waals surface area contributed by atoms with Gasteiger partial charge in [-0.05, 0) is 30.5 Å². The van der Waals surface area contributed by atoms with E-state index in [0.29, 0.717) is 0 Å². The number of benzene rings is 1. The van der Waals surface area contributed by atoms with E-state index in [1.807, 2.05) is 24.3 Å². The zero-order valence-electron chi connectivity index (χ0n) is 10.7. The van der Waals surface area contributed by atoms with Crippen LogP contribution in [-0.2, 0) is 0 Å². The molecule has 0 saturated heterocycles. The first-order valence-corrected chi connectivity index (χ1v) is 7.28.